The Labute approximate surface area is 234 Å². The van der Waals surface area contributed by atoms with Crippen LogP contribution in [0.3, 0.4) is 0 Å². The van der Waals surface area contributed by atoms with Gasteiger partial charge in [0.05, 0.1) is 18.4 Å². The van der Waals surface area contributed by atoms with E-state index in [0.29, 0.717) is 51.3 Å². The summed E-state index contributed by atoms with van der Waals surface area (Å²) in [5.74, 6) is 7.19. The predicted octanol–water partition coefficient (Wildman–Crippen LogP) is 5.64. The summed E-state index contributed by atoms with van der Waals surface area (Å²) in [4.78, 5) is 23.9. The first-order valence-corrected chi connectivity index (χ1v) is 12.5. The van der Waals surface area contributed by atoms with E-state index >= 15 is 0 Å². The Morgan fingerprint density at radius 1 is 1.00 bits per heavy atom. The van der Waals surface area contributed by atoms with Crippen LogP contribution in [-0.4, -0.2) is 55.2 Å². The maximum Gasteiger partial charge on any atom is 0.416 e. The van der Waals surface area contributed by atoms with Crippen molar-refractivity contribution in [2.24, 2.45) is 5.84 Å². The molecule has 4 N–H and O–H groups in total. The number of fused-ring (bicyclic) bond motifs is 1. The summed E-state index contributed by atoms with van der Waals surface area (Å²) in [6.07, 6.45) is -4.63. The molecule has 0 bridgehead atoms. The SMILES string of the molecule is COc1ccc(C(F)(F)F)cc1N(N)C(=O)Nc1ccc(Oc2cc(C)nc(NCCN(C)C)n2)c2ccccc12. The third kappa shape index (κ3) is 7.13. The molecule has 0 radical (unpaired) electrons. The van der Waals surface area contributed by atoms with Gasteiger partial charge in [-0.05, 0) is 51.4 Å². The predicted molar refractivity (Wildman–Crippen MR) is 152 cm³/mol. The molecular weight excluding hydrogens is 539 g/mol. The van der Waals surface area contributed by atoms with E-state index in [1.54, 1.807) is 36.4 Å². The van der Waals surface area contributed by atoms with Gasteiger partial charge in [0.15, 0.2) is 0 Å². The number of hydrogen-bond donors (Lipinski definition) is 3. The maximum absolute atomic E-state index is 13.3. The largest absolute Gasteiger partial charge is 0.495 e. The number of ether oxygens (including phenoxy) is 2. The summed E-state index contributed by atoms with van der Waals surface area (Å²) in [5, 5.41) is 7.68. The van der Waals surface area contributed by atoms with Gasteiger partial charge < -0.3 is 25.0 Å². The minimum atomic E-state index is -4.63. The number of halogens is 3. The number of nitrogens with two attached hydrogens (primary N) is 1. The van der Waals surface area contributed by atoms with Crippen LogP contribution in [0.5, 0.6) is 17.4 Å². The number of amides is 2. The van der Waals surface area contributed by atoms with Crippen molar-refractivity contribution >= 4 is 34.1 Å². The van der Waals surface area contributed by atoms with E-state index in [2.05, 4.69) is 20.6 Å². The molecule has 2 amide bonds. The number of urea groups is 1. The Bertz CT molecular complexity index is 1550. The monoisotopic (exact) mass is 569 g/mol. The van der Waals surface area contributed by atoms with Crippen molar-refractivity contribution in [3.63, 3.8) is 0 Å². The van der Waals surface area contributed by atoms with Crippen molar-refractivity contribution in [3.05, 3.63) is 71.9 Å². The standard InChI is InChI=1S/C28H30F3N7O3/c1-17-15-25(36-26(34-17)33-13-14-37(2)3)41-23-12-10-21(19-7-5-6-8-20(19)23)35-27(39)38(32)22-16-18(28(29,30)31)9-11-24(22)40-4/h5-12,15-16H,13-14,32H2,1-4H3,(H,35,39)(H,33,34,36). The fraction of sp³-hybridized carbons (Fsp3) is 0.250. The molecule has 0 unspecified atom stereocenters. The third-order valence-corrected chi connectivity index (χ3v) is 6.00. The second-order valence-corrected chi connectivity index (χ2v) is 9.34. The number of hydrazine groups is 1. The Hall–Kier alpha value is -4.62. The molecule has 13 heteroatoms. The molecule has 0 saturated carbocycles. The average Bonchev–Trinajstić information content (AvgIpc) is 2.92. The number of nitrogens with one attached hydrogen (secondary N) is 2. The second-order valence-electron chi connectivity index (χ2n) is 9.34. The molecule has 0 aliphatic carbocycles. The Balaban J connectivity index is 1.59. The highest BCUT2D eigenvalue weighted by molar-refractivity contribution is 6.08. The lowest BCUT2D eigenvalue weighted by atomic mass is 10.1. The van der Waals surface area contributed by atoms with Crippen molar-refractivity contribution in [3.8, 4) is 17.4 Å². The molecule has 41 heavy (non-hydrogen) atoms. The summed E-state index contributed by atoms with van der Waals surface area (Å²) in [5.41, 5.74) is -0.148. The van der Waals surface area contributed by atoms with Crippen molar-refractivity contribution in [1.29, 1.82) is 0 Å². The van der Waals surface area contributed by atoms with Gasteiger partial charge in [0.2, 0.25) is 11.8 Å². The highest BCUT2D eigenvalue weighted by Gasteiger charge is 2.32. The summed E-state index contributed by atoms with van der Waals surface area (Å²) >= 11 is 0. The molecule has 4 rings (SSSR count). The summed E-state index contributed by atoms with van der Waals surface area (Å²) < 4.78 is 51.1. The molecule has 0 spiro atoms. The van der Waals surface area contributed by atoms with E-state index in [1.165, 1.54) is 7.11 Å². The highest BCUT2D eigenvalue weighted by Crippen LogP contribution is 2.37. The van der Waals surface area contributed by atoms with Crippen molar-refractivity contribution in [2.45, 2.75) is 13.1 Å². The van der Waals surface area contributed by atoms with Crippen LogP contribution in [0.25, 0.3) is 10.8 Å². The smallest absolute Gasteiger partial charge is 0.416 e. The number of likely N-dealkylation sites (N-methyl/N-ethyl adjacent to an activating group) is 1. The quantitative estimate of drug-likeness (QED) is 0.135. The zero-order valence-corrected chi connectivity index (χ0v) is 22.9. The molecule has 3 aromatic carbocycles. The number of nitrogens with zero attached hydrogens (tertiary/aromatic N) is 4. The third-order valence-electron chi connectivity index (χ3n) is 6.00. The van der Waals surface area contributed by atoms with Gasteiger partial charge in [0.25, 0.3) is 0 Å². The Morgan fingerprint density at radius 3 is 2.39 bits per heavy atom. The molecule has 1 heterocycles. The van der Waals surface area contributed by atoms with Gasteiger partial charge in [-0.25, -0.2) is 20.6 Å². The van der Waals surface area contributed by atoms with Gasteiger partial charge in [-0.3, -0.25) is 0 Å². The van der Waals surface area contributed by atoms with Crippen LogP contribution in [0, 0.1) is 6.92 Å². The van der Waals surface area contributed by atoms with Crippen LogP contribution < -0.4 is 31.0 Å². The van der Waals surface area contributed by atoms with Crippen LogP contribution >= 0.6 is 0 Å². The maximum atomic E-state index is 13.3. The molecule has 0 aliphatic rings. The second kappa shape index (κ2) is 12.3. The van der Waals surface area contributed by atoms with Gasteiger partial charge in [-0.2, -0.15) is 18.2 Å². The minimum absolute atomic E-state index is 0.0000242. The number of benzene rings is 3. The van der Waals surface area contributed by atoms with Crippen LogP contribution in [0.1, 0.15) is 11.3 Å². The molecule has 0 fully saturated rings. The molecular formula is C28H30F3N7O3. The number of anilines is 3. The fourth-order valence-electron chi connectivity index (χ4n) is 3.98. The Kier molecular flexibility index (Phi) is 8.79. The van der Waals surface area contributed by atoms with Crippen LogP contribution in [0.2, 0.25) is 0 Å². The van der Waals surface area contributed by atoms with E-state index in [9.17, 15) is 18.0 Å². The van der Waals surface area contributed by atoms with E-state index in [1.807, 2.05) is 32.0 Å². The van der Waals surface area contributed by atoms with Crippen molar-refractivity contribution in [2.75, 3.05) is 49.9 Å². The number of hydrogen-bond acceptors (Lipinski definition) is 8. The van der Waals surface area contributed by atoms with E-state index < -0.39 is 17.8 Å². The van der Waals surface area contributed by atoms with Crippen molar-refractivity contribution < 1.29 is 27.4 Å². The zero-order valence-electron chi connectivity index (χ0n) is 22.9. The van der Waals surface area contributed by atoms with Gasteiger partial charge in [-0.1, -0.05) is 24.3 Å². The number of aromatic nitrogens is 2. The molecule has 216 valence electrons. The number of carbonyl (C=O) groups excluding carboxylic acids is 1. The lowest BCUT2D eigenvalue weighted by Crippen LogP contribution is -2.41. The van der Waals surface area contributed by atoms with Crippen molar-refractivity contribution in [1.82, 2.24) is 14.9 Å². The van der Waals surface area contributed by atoms with E-state index in [4.69, 9.17) is 15.3 Å². The lowest BCUT2D eigenvalue weighted by Gasteiger charge is -2.22. The normalized spacial score (nSPS) is 11.4. The lowest BCUT2D eigenvalue weighted by molar-refractivity contribution is -0.137. The first kappa shape index (κ1) is 29.4. The van der Waals surface area contributed by atoms with Gasteiger partial charge in [-0.15, -0.1) is 0 Å². The number of rotatable bonds is 9. The molecule has 0 aliphatic heterocycles. The minimum Gasteiger partial charge on any atom is -0.495 e. The molecule has 4 aromatic rings. The summed E-state index contributed by atoms with van der Waals surface area (Å²) in [6, 6.07) is 14.0. The molecule has 0 atom stereocenters. The van der Waals surface area contributed by atoms with Gasteiger partial charge >= 0.3 is 12.2 Å². The first-order valence-electron chi connectivity index (χ1n) is 12.5. The summed E-state index contributed by atoms with van der Waals surface area (Å²) in [7, 11) is 5.21. The fourth-order valence-corrected chi connectivity index (χ4v) is 3.98. The van der Waals surface area contributed by atoms with Gasteiger partial charge in [0.1, 0.15) is 17.2 Å². The summed E-state index contributed by atoms with van der Waals surface area (Å²) in [6.45, 7) is 3.28. The Morgan fingerprint density at radius 2 is 1.71 bits per heavy atom. The molecule has 0 saturated heterocycles. The zero-order chi connectivity index (χ0) is 29.7. The number of carbonyl (C=O) groups is 1. The van der Waals surface area contributed by atoms with E-state index in [-0.39, 0.29) is 11.4 Å². The van der Waals surface area contributed by atoms with Crippen LogP contribution in [-0.2, 0) is 6.18 Å². The van der Waals surface area contributed by atoms with Crippen LogP contribution in [0.15, 0.2) is 60.7 Å². The number of alkyl halides is 3. The highest BCUT2D eigenvalue weighted by atomic mass is 19.4. The number of methoxy groups -OCH3 is 1. The average molecular weight is 570 g/mol. The molecule has 1 aromatic heterocycles. The van der Waals surface area contributed by atoms with E-state index in [0.717, 1.165) is 24.7 Å². The molecule has 10 nitrogen and oxygen atoms in total. The number of aryl methyl sites for hydroxylation is 1. The first-order chi connectivity index (χ1) is 19.5. The topological polar surface area (TPSA) is 118 Å². The van der Waals surface area contributed by atoms with Gasteiger partial charge in [0, 0.05) is 35.6 Å². The van der Waals surface area contributed by atoms with Crippen LogP contribution in [0.4, 0.5) is 35.3 Å².